The van der Waals surface area contributed by atoms with Crippen LogP contribution >= 0.6 is 0 Å². The fraction of sp³-hybridized carbons (Fsp3) is 0.615. The first kappa shape index (κ1) is 30.8. The number of aliphatic hydroxyl groups is 3. The molecule has 0 amide bonds. The smallest absolute Gasteiger partial charge is 0.305 e. The summed E-state index contributed by atoms with van der Waals surface area (Å²) >= 11 is 0. The largest absolute Gasteiger partial charge is 0.461 e. The van der Waals surface area contributed by atoms with Crippen molar-refractivity contribution >= 4 is 11.9 Å². The lowest BCUT2D eigenvalue weighted by atomic mass is 10.0. The van der Waals surface area contributed by atoms with Gasteiger partial charge in [0.15, 0.2) is 0 Å². The molecular weight excluding hydrogens is 424 g/mol. The summed E-state index contributed by atoms with van der Waals surface area (Å²) in [5.41, 5.74) is 3.66. The molecular formula is C26H42O7. The van der Waals surface area contributed by atoms with Crippen LogP contribution in [0.1, 0.15) is 72.1 Å². The SMILES string of the molecule is CCC(=O)OCC(=CCCC(=CCO)CO)CCC=C(CCC=C(C)CO)COC(=O)CC. The topological polar surface area (TPSA) is 113 Å². The molecule has 0 fully saturated rings. The molecule has 0 aliphatic rings. The van der Waals surface area contributed by atoms with E-state index in [1.807, 2.05) is 19.1 Å². The predicted molar refractivity (Wildman–Crippen MR) is 129 cm³/mol. The van der Waals surface area contributed by atoms with Gasteiger partial charge in [0.1, 0.15) is 13.2 Å². The third kappa shape index (κ3) is 17.0. The number of aliphatic hydroxyl groups excluding tert-OH is 3. The van der Waals surface area contributed by atoms with Crippen LogP contribution in [0.25, 0.3) is 0 Å². The van der Waals surface area contributed by atoms with Crippen molar-refractivity contribution in [2.24, 2.45) is 0 Å². The molecule has 0 aliphatic heterocycles. The minimum Gasteiger partial charge on any atom is -0.461 e. The van der Waals surface area contributed by atoms with Crippen molar-refractivity contribution in [2.45, 2.75) is 72.1 Å². The molecule has 0 aromatic carbocycles. The van der Waals surface area contributed by atoms with Crippen molar-refractivity contribution < 1.29 is 34.4 Å². The molecule has 0 spiro atoms. The summed E-state index contributed by atoms with van der Waals surface area (Å²) in [6, 6.07) is 0. The van der Waals surface area contributed by atoms with Gasteiger partial charge in [0, 0.05) is 12.8 Å². The van der Waals surface area contributed by atoms with Crippen LogP contribution in [0.5, 0.6) is 0 Å². The van der Waals surface area contributed by atoms with Gasteiger partial charge in [0.25, 0.3) is 0 Å². The van der Waals surface area contributed by atoms with E-state index in [4.69, 9.17) is 19.7 Å². The zero-order valence-corrected chi connectivity index (χ0v) is 20.5. The molecule has 0 rings (SSSR count). The maximum absolute atomic E-state index is 11.6. The van der Waals surface area contributed by atoms with E-state index in [0.29, 0.717) is 38.5 Å². The van der Waals surface area contributed by atoms with E-state index in [-0.39, 0.29) is 45.0 Å². The van der Waals surface area contributed by atoms with Crippen molar-refractivity contribution in [1.82, 2.24) is 0 Å². The second-order valence-corrected chi connectivity index (χ2v) is 7.78. The lowest BCUT2D eigenvalue weighted by Crippen LogP contribution is -2.07. The van der Waals surface area contributed by atoms with E-state index in [2.05, 4.69) is 6.08 Å². The summed E-state index contributed by atoms with van der Waals surface area (Å²) in [6.45, 7) is 5.66. The molecule has 0 atom stereocenters. The molecule has 0 heterocycles. The average molecular weight is 467 g/mol. The zero-order valence-electron chi connectivity index (χ0n) is 20.5. The average Bonchev–Trinajstić information content (AvgIpc) is 2.83. The van der Waals surface area contributed by atoms with Gasteiger partial charge in [0.05, 0.1) is 19.8 Å². The first-order valence-corrected chi connectivity index (χ1v) is 11.7. The Hall–Kier alpha value is -2.22. The minimum absolute atomic E-state index is 0.0278. The molecule has 33 heavy (non-hydrogen) atoms. The molecule has 0 aromatic rings. The Balaban J connectivity index is 5.14. The molecule has 0 radical (unpaired) electrons. The van der Waals surface area contributed by atoms with E-state index in [0.717, 1.165) is 35.1 Å². The summed E-state index contributed by atoms with van der Waals surface area (Å²) in [6.07, 6.45) is 12.4. The Bertz CT molecular complexity index is 687. The molecule has 3 N–H and O–H groups in total. The first-order valence-electron chi connectivity index (χ1n) is 11.7. The number of rotatable bonds is 18. The fourth-order valence-corrected chi connectivity index (χ4v) is 2.88. The first-order chi connectivity index (χ1) is 15.9. The fourth-order valence-electron chi connectivity index (χ4n) is 2.88. The van der Waals surface area contributed by atoms with E-state index < -0.39 is 0 Å². The maximum atomic E-state index is 11.6. The van der Waals surface area contributed by atoms with Crippen molar-refractivity contribution in [1.29, 1.82) is 0 Å². The molecule has 188 valence electrons. The molecule has 0 bridgehead atoms. The van der Waals surface area contributed by atoms with Gasteiger partial charge in [-0.05, 0) is 62.2 Å². The molecule has 7 heteroatoms. The van der Waals surface area contributed by atoms with Gasteiger partial charge < -0.3 is 24.8 Å². The summed E-state index contributed by atoms with van der Waals surface area (Å²) in [5.74, 6) is -0.503. The number of hydrogen-bond acceptors (Lipinski definition) is 7. The van der Waals surface area contributed by atoms with E-state index in [1.54, 1.807) is 19.9 Å². The molecule has 0 aromatic heterocycles. The summed E-state index contributed by atoms with van der Waals surface area (Å²) in [4.78, 5) is 23.1. The normalized spacial score (nSPS) is 13.3. The van der Waals surface area contributed by atoms with Gasteiger partial charge in [-0.2, -0.15) is 0 Å². The highest BCUT2D eigenvalue weighted by molar-refractivity contribution is 5.69. The molecule has 0 saturated heterocycles. The Kier molecular flexibility index (Phi) is 19.0. The van der Waals surface area contributed by atoms with E-state index in [1.165, 1.54) is 0 Å². The molecule has 0 saturated carbocycles. The van der Waals surface area contributed by atoms with Crippen molar-refractivity contribution in [3.05, 3.63) is 46.6 Å². The Morgan fingerprint density at radius 2 is 1.12 bits per heavy atom. The number of allylic oxidation sites excluding steroid dienone is 3. The Labute approximate surface area is 198 Å². The highest BCUT2D eigenvalue weighted by Crippen LogP contribution is 2.16. The van der Waals surface area contributed by atoms with Gasteiger partial charge in [0.2, 0.25) is 0 Å². The number of ether oxygens (including phenoxy) is 2. The van der Waals surface area contributed by atoms with Gasteiger partial charge >= 0.3 is 11.9 Å². The van der Waals surface area contributed by atoms with Crippen molar-refractivity contribution in [2.75, 3.05) is 33.0 Å². The van der Waals surface area contributed by atoms with Crippen LogP contribution in [-0.4, -0.2) is 60.3 Å². The highest BCUT2D eigenvalue weighted by atomic mass is 16.5. The van der Waals surface area contributed by atoms with Crippen molar-refractivity contribution in [3.8, 4) is 0 Å². The second kappa shape index (κ2) is 20.4. The number of carbonyl (C=O) groups excluding carboxylic acids is 2. The second-order valence-electron chi connectivity index (χ2n) is 7.78. The quantitative estimate of drug-likeness (QED) is 0.207. The molecule has 0 aliphatic carbocycles. The highest BCUT2D eigenvalue weighted by Gasteiger charge is 2.06. The van der Waals surface area contributed by atoms with E-state index in [9.17, 15) is 14.7 Å². The van der Waals surface area contributed by atoms with Gasteiger partial charge in [-0.3, -0.25) is 9.59 Å². The number of esters is 2. The van der Waals surface area contributed by atoms with Crippen LogP contribution in [-0.2, 0) is 19.1 Å². The lowest BCUT2D eigenvalue weighted by molar-refractivity contribution is -0.143. The van der Waals surface area contributed by atoms with Crippen LogP contribution in [0.2, 0.25) is 0 Å². The maximum Gasteiger partial charge on any atom is 0.305 e. The predicted octanol–water partition coefficient (Wildman–Crippen LogP) is 3.94. The van der Waals surface area contributed by atoms with Gasteiger partial charge in [-0.15, -0.1) is 0 Å². The molecule has 7 nitrogen and oxygen atoms in total. The lowest BCUT2D eigenvalue weighted by Gasteiger charge is -2.11. The van der Waals surface area contributed by atoms with Crippen molar-refractivity contribution in [3.63, 3.8) is 0 Å². The Morgan fingerprint density at radius 1 is 0.667 bits per heavy atom. The van der Waals surface area contributed by atoms with Crippen LogP contribution in [0.3, 0.4) is 0 Å². The number of carbonyl (C=O) groups is 2. The zero-order chi connectivity index (χ0) is 24.9. The molecule has 0 unspecified atom stereocenters. The summed E-state index contributed by atoms with van der Waals surface area (Å²) < 4.78 is 10.6. The third-order valence-corrected chi connectivity index (χ3v) is 5.00. The summed E-state index contributed by atoms with van der Waals surface area (Å²) in [7, 11) is 0. The van der Waals surface area contributed by atoms with E-state index >= 15 is 0 Å². The summed E-state index contributed by atoms with van der Waals surface area (Å²) in [5, 5.41) is 27.5. The van der Waals surface area contributed by atoms with Crippen LogP contribution in [0.15, 0.2) is 46.6 Å². The minimum atomic E-state index is -0.258. The standard InChI is InChI=1S/C26H42O7/c1-4-25(30)32-19-23(11-6-9-21(3)17-28)13-8-14-24(20-33-26(31)5-2)12-7-10-22(18-29)15-16-27/h9,12-13,15,27-29H,4-8,10-11,14,16-20H2,1-3H3. The Morgan fingerprint density at radius 3 is 1.52 bits per heavy atom. The van der Waals surface area contributed by atoms with Crippen LogP contribution < -0.4 is 0 Å². The van der Waals surface area contributed by atoms with Crippen LogP contribution in [0, 0.1) is 0 Å². The third-order valence-electron chi connectivity index (χ3n) is 5.00. The number of hydrogen-bond donors (Lipinski definition) is 3. The van der Waals surface area contributed by atoms with Gasteiger partial charge in [-0.25, -0.2) is 0 Å². The van der Waals surface area contributed by atoms with Crippen LogP contribution in [0.4, 0.5) is 0 Å². The monoisotopic (exact) mass is 466 g/mol. The van der Waals surface area contributed by atoms with Gasteiger partial charge in [-0.1, -0.05) is 43.7 Å².